The minimum atomic E-state index is -1.05. The van der Waals surface area contributed by atoms with Crippen LogP contribution in [0.1, 0.15) is 27.9 Å². The van der Waals surface area contributed by atoms with Crippen molar-refractivity contribution in [3.8, 4) is 28.4 Å². The number of aliphatic carboxylic acids is 1. The van der Waals surface area contributed by atoms with E-state index in [1.165, 1.54) is 14.2 Å². The molecule has 6 nitrogen and oxygen atoms in total. The lowest BCUT2D eigenvalue weighted by molar-refractivity contribution is -0.145. The molecule has 0 fully saturated rings. The largest absolute Gasteiger partial charge is 0.497 e. The minimum Gasteiger partial charge on any atom is -0.497 e. The second-order valence-corrected chi connectivity index (χ2v) is 9.04. The third kappa shape index (κ3) is 6.52. The average molecular weight is 531 g/mol. The molecule has 0 saturated carbocycles. The van der Waals surface area contributed by atoms with Crippen LogP contribution in [0.2, 0.25) is 5.02 Å². The number of carbonyl (C=O) groups is 2. The summed E-state index contributed by atoms with van der Waals surface area (Å²) in [5, 5.41) is 10.4. The van der Waals surface area contributed by atoms with Gasteiger partial charge in [0.25, 0.3) is 0 Å². The number of benzene rings is 4. The lowest BCUT2D eigenvalue weighted by Gasteiger charge is -2.16. The van der Waals surface area contributed by atoms with E-state index >= 15 is 0 Å². The fourth-order valence-electron chi connectivity index (χ4n) is 4.03. The third-order valence-corrected chi connectivity index (χ3v) is 6.40. The predicted octanol–water partition coefficient (Wildman–Crippen LogP) is 6.72. The van der Waals surface area contributed by atoms with E-state index in [2.05, 4.69) is 0 Å². The molecule has 1 N–H and O–H groups in total. The van der Waals surface area contributed by atoms with Gasteiger partial charge in [-0.25, -0.2) is 4.79 Å². The maximum absolute atomic E-state index is 13.0. The van der Waals surface area contributed by atoms with E-state index in [-0.39, 0.29) is 5.78 Å². The minimum absolute atomic E-state index is 0.229. The standard InChI is InChI=1S/C31H27ClO6/c1-36-26-16-17-27(29(19-26)37-2)30(33)23-10-14-25(15-11-23)38-28(31(34)35)18-5-20-3-6-21(7-4-20)22-8-12-24(32)13-9-22/h3-4,6-17,19,28H,5,18H2,1-2H3,(H,34,35). The first-order valence-electron chi connectivity index (χ1n) is 12.0. The van der Waals surface area contributed by atoms with Crippen molar-refractivity contribution in [2.45, 2.75) is 18.9 Å². The van der Waals surface area contributed by atoms with E-state index < -0.39 is 12.1 Å². The molecule has 0 aromatic heterocycles. The third-order valence-electron chi connectivity index (χ3n) is 6.15. The van der Waals surface area contributed by atoms with Gasteiger partial charge >= 0.3 is 5.97 Å². The van der Waals surface area contributed by atoms with E-state index in [1.54, 1.807) is 42.5 Å². The van der Waals surface area contributed by atoms with Crippen LogP contribution in [0.15, 0.2) is 91.0 Å². The van der Waals surface area contributed by atoms with Crippen molar-refractivity contribution in [3.63, 3.8) is 0 Å². The van der Waals surface area contributed by atoms with Gasteiger partial charge in [0.15, 0.2) is 11.9 Å². The fourth-order valence-corrected chi connectivity index (χ4v) is 4.15. The molecule has 1 unspecified atom stereocenters. The first-order valence-corrected chi connectivity index (χ1v) is 12.4. The van der Waals surface area contributed by atoms with Gasteiger partial charge < -0.3 is 19.3 Å². The highest BCUT2D eigenvalue weighted by molar-refractivity contribution is 6.30. The van der Waals surface area contributed by atoms with Crippen molar-refractivity contribution >= 4 is 23.4 Å². The maximum atomic E-state index is 13.0. The maximum Gasteiger partial charge on any atom is 0.344 e. The van der Waals surface area contributed by atoms with E-state index in [9.17, 15) is 14.7 Å². The Morgan fingerprint density at radius 3 is 1.97 bits per heavy atom. The summed E-state index contributed by atoms with van der Waals surface area (Å²) in [6.07, 6.45) is -0.209. The number of carboxylic acid groups (broad SMARTS) is 1. The van der Waals surface area contributed by atoms with Crippen molar-refractivity contribution in [1.82, 2.24) is 0 Å². The van der Waals surface area contributed by atoms with Crippen LogP contribution in [0.4, 0.5) is 0 Å². The molecular formula is C31H27ClO6. The number of halogens is 1. The van der Waals surface area contributed by atoms with Crippen molar-refractivity contribution in [1.29, 1.82) is 0 Å². The molecule has 0 heterocycles. The zero-order valence-electron chi connectivity index (χ0n) is 21.0. The number of aryl methyl sites for hydroxylation is 1. The molecule has 38 heavy (non-hydrogen) atoms. The molecule has 0 saturated heterocycles. The molecule has 4 rings (SSSR count). The van der Waals surface area contributed by atoms with Gasteiger partial charge in [0.1, 0.15) is 17.2 Å². The summed E-state index contributed by atoms with van der Waals surface area (Å²) in [4.78, 5) is 24.9. The van der Waals surface area contributed by atoms with E-state index in [0.29, 0.717) is 46.2 Å². The first kappa shape index (κ1) is 26.8. The molecule has 0 aliphatic rings. The van der Waals surface area contributed by atoms with Crippen molar-refractivity contribution < 1.29 is 28.9 Å². The van der Waals surface area contributed by atoms with Gasteiger partial charge in [0, 0.05) is 16.7 Å². The number of hydrogen-bond donors (Lipinski definition) is 1. The molecule has 0 spiro atoms. The molecule has 0 aliphatic carbocycles. The van der Waals surface area contributed by atoms with Crippen LogP contribution in [0.25, 0.3) is 11.1 Å². The zero-order chi connectivity index (χ0) is 27.1. The Morgan fingerprint density at radius 2 is 1.39 bits per heavy atom. The molecule has 194 valence electrons. The molecule has 0 radical (unpaired) electrons. The second-order valence-electron chi connectivity index (χ2n) is 8.61. The molecule has 0 aliphatic heterocycles. The Morgan fingerprint density at radius 1 is 0.789 bits per heavy atom. The smallest absolute Gasteiger partial charge is 0.344 e. The highest BCUT2D eigenvalue weighted by atomic mass is 35.5. The number of rotatable bonds is 11. The Kier molecular flexibility index (Phi) is 8.66. The Labute approximate surface area is 226 Å². The normalized spacial score (nSPS) is 11.4. The Hall–Kier alpha value is -4.29. The predicted molar refractivity (Wildman–Crippen MR) is 147 cm³/mol. The summed E-state index contributed by atoms with van der Waals surface area (Å²) >= 11 is 5.96. The van der Waals surface area contributed by atoms with Crippen LogP contribution in [0.3, 0.4) is 0 Å². The highest BCUT2D eigenvalue weighted by Crippen LogP contribution is 2.28. The highest BCUT2D eigenvalue weighted by Gasteiger charge is 2.20. The summed E-state index contributed by atoms with van der Waals surface area (Å²) in [6.45, 7) is 0. The molecule has 7 heteroatoms. The van der Waals surface area contributed by atoms with Crippen LogP contribution in [0.5, 0.6) is 17.2 Å². The van der Waals surface area contributed by atoms with Gasteiger partial charge in [0.05, 0.1) is 19.8 Å². The number of hydrogen-bond acceptors (Lipinski definition) is 5. The monoisotopic (exact) mass is 530 g/mol. The number of ether oxygens (including phenoxy) is 3. The van der Waals surface area contributed by atoms with Gasteiger partial charge in [0.2, 0.25) is 0 Å². The van der Waals surface area contributed by atoms with Gasteiger partial charge in [-0.1, -0.05) is 48.0 Å². The zero-order valence-corrected chi connectivity index (χ0v) is 21.8. The number of ketones is 1. The van der Waals surface area contributed by atoms with Crippen molar-refractivity contribution in [3.05, 3.63) is 113 Å². The first-order chi connectivity index (χ1) is 18.4. The summed E-state index contributed by atoms with van der Waals surface area (Å²) in [6, 6.07) is 27.0. The molecule has 4 aromatic carbocycles. The van der Waals surface area contributed by atoms with Crippen molar-refractivity contribution in [2.24, 2.45) is 0 Å². The lowest BCUT2D eigenvalue weighted by atomic mass is 10.0. The van der Waals surface area contributed by atoms with Gasteiger partial charge in [-0.3, -0.25) is 4.79 Å². The fraction of sp³-hybridized carbons (Fsp3) is 0.161. The Bertz CT molecular complexity index is 1400. The molecular weight excluding hydrogens is 504 g/mol. The Balaban J connectivity index is 1.39. The topological polar surface area (TPSA) is 82.1 Å². The average Bonchev–Trinajstić information content (AvgIpc) is 2.95. The van der Waals surface area contributed by atoms with Crippen LogP contribution in [0, 0.1) is 0 Å². The second kappa shape index (κ2) is 12.3. The summed E-state index contributed by atoms with van der Waals surface area (Å²) in [5.74, 6) is 0.0775. The van der Waals surface area contributed by atoms with Crippen LogP contribution < -0.4 is 14.2 Å². The van der Waals surface area contributed by atoms with Crippen LogP contribution in [-0.2, 0) is 11.2 Å². The quantitative estimate of drug-likeness (QED) is 0.217. The number of carbonyl (C=O) groups excluding carboxylic acids is 1. The molecule has 4 aromatic rings. The summed E-state index contributed by atoms with van der Waals surface area (Å²) in [5.41, 5.74) is 3.94. The van der Waals surface area contributed by atoms with Crippen LogP contribution in [-0.4, -0.2) is 37.2 Å². The molecule has 1 atom stereocenters. The van der Waals surface area contributed by atoms with E-state index in [4.69, 9.17) is 25.8 Å². The summed E-state index contributed by atoms with van der Waals surface area (Å²) in [7, 11) is 3.03. The van der Waals surface area contributed by atoms with Gasteiger partial charge in [-0.15, -0.1) is 0 Å². The SMILES string of the molecule is COc1ccc(C(=O)c2ccc(OC(CCc3ccc(-c4ccc(Cl)cc4)cc3)C(=O)O)cc2)c(OC)c1. The van der Waals surface area contributed by atoms with E-state index in [0.717, 1.165) is 16.7 Å². The lowest BCUT2D eigenvalue weighted by Crippen LogP contribution is -2.27. The van der Waals surface area contributed by atoms with Gasteiger partial charge in [-0.2, -0.15) is 0 Å². The molecule has 0 bridgehead atoms. The molecule has 0 amide bonds. The number of carboxylic acids is 1. The van der Waals surface area contributed by atoms with Crippen molar-refractivity contribution in [2.75, 3.05) is 14.2 Å². The summed E-state index contributed by atoms with van der Waals surface area (Å²) < 4.78 is 16.3. The van der Waals surface area contributed by atoms with E-state index in [1.807, 2.05) is 48.5 Å². The number of methoxy groups -OCH3 is 2. The van der Waals surface area contributed by atoms with Gasteiger partial charge in [-0.05, 0) is 78.1 Å². The van der Waals surface area contributed by atoms with Crippen LogP contribution >= 0.6 is 11.6 Å².